The van der Waals surface area contributed by atoms with Gasteiger partial charge in [0, 0.05) is 32.7 Å². The number of piperidine rings is 1. The number of benzene rings is 1. The van der Waals surface area contributed by atoms with Crippen LogP contribution in [0.4, 0.5) is 10.5 Å². The SMILES string of the molecule is CCn1c(C2CCN(C(=O)Nc3ccccc3OC)CC2)nn(CCOC)c1=O. The van der Waals surface area contributed by atoms with Crippen molar-refractivity contribution in [2.75, 3.05) is 39.2 Å². The zero-order valence-electron chi connectivity index (χ0n) is 17.3. The van der Waals surface area contributed by atoms with Crippen LogP contribution in [0.25, 0.3) is 0 Å². The van der Waals surface area contributed by atoms with Gasteiger partial charge in [0.2, 0.25) is 0 Å². The van der Waals surface area contributed by atoms with Crippen molar-refractivity contribution >= 4 is 11.7 Å². The van der Waals surface area contributed by atoms with Crippen LogP contribution >= 0.6 is 0 Å². The Balaban J connectivity index is 1.64. The van der Waals surface area contributed by atoms with E-state index in [0.29, 0.717) is 44.2 Å². The van der Waals surface area contributed by atoms with Gasteiger partial charge in [-0.3, -0.25) is 4.57 Å². The van der Waals surface area contributed by atoms with E-state index in [0.717, 1.165) is 18.7 Å². The molecule has 0 unspecified atom stereocenters. The molecule has 0 bridgehead atoms. The molecule has 9 nitrogen and oxygen atoms in total. The number of carbonyl (C=O) groups is 1. The van der Waals surface area contributed by atoms with Gasteiger partial charge in [-0.25, -0.2) is 14.3 Å². The zero-order chi connectivity index (χ0) is 20.8. The first-order valence-electron chi connectivity index (χ1n) is 9.94. The van der Waals surface area contributed by atoms with E-state index in [1.54, 1.807) is 23.7 Å². The Labute approximate surface area is 170 Å². The van der Waals surface area contributed by atoms with Crippen molar-refractivity contribution in [1.29, 1.82) is 0 Å². The summed E-state index contributed by atoms with van der Waals surface area (Å²) in [5, 5.41) is 7.47. The van der Waals surface area contributed by atoms with Crippen LogP contribution < -0.4 is 15.7 Å². The Hall–Kier alpha value is -2.81. The fourth-order valence-electron chi connectivity index (χ4n) is 3.66. The van der Waals surface area contributed by atoms with Gasteiger partial charge in [0.15, 0.2) is 0 Å². The Morgan fingerprint density at radius 3 is 2.62 bits per heavy atom. The average molecular weight is 403 g/mol. The maximum Gasteiger partial charge on any atom is 0.345 e. The number of anilines is 1. The molecule has 0 spiro atoms. The average Bonchev–Trinajstić information content (AvgIpc) is 3.08. The summed E-state index contributed by atoms with van der Waals surface area (Å²) in [6.07, 6.45) is 1.53. The fraction of sp³-hybridized carbons (Fsp3) is 0.550. The molecule has 3 rings (SSSR count). The number of urea groups is 1. The van der Waals surface area contributed by atoms with Crippen LogP contribution in [0.3, 0.4) is 0 Å². The molecule has 0 radical (unpaired) electrons. The second-order valence-electron chi connectivity index (χ2n) is 6.99. The lowest BCUT2D eigenvalue weighted by atomic mass is 9.96. The van der Waals surface area contributed by atoms with Crippen LogP contribution in [0.5, 0.6) is 5.75 Å². The van der Waals surface area contributed by atoms with Gasteiger partial charge in [-0.05, 0) is 31.9 Å². The highest BCUT2D eigenvalue weighted by Gasteiger charge is 2.28. The van der Waals surface area contributed by atoms with Crippen LogP contribution in [0, 0.1) is 0 Å². The number of ether oxygens (including phenoxy) is 2. The second kappa shape index (κ2) is 9.60. The Bertz CT molecular complexity index is 883. The number of nitrogens with zero attached hydrogens (tertiary/aromatic N) is 4. The van der Waals surface area contributed by atoms with Gasteiger partial charge < -0.3 is 19.7 Å². The molecule has 1 saturated heterocycles. The predicted octanol–water partition coefficient (Wildman–Crippen LogP) is 2.13. The summed E-state index contributed by atoms with van der Waals surface area (Å²) in [4.78, 5) is 27.0. The minimum atomic E-state index is -0.147. The number of rotatable bonds is 7. The topological polar surface area (TPSA) is 90.6 Å². The van der Waals surface area contributed by atoms with Crippen molar-refractivity contribution in [2.45, 2.75) is 38.8 Å². The highest BCUT2D eigenvalue weighted by atomic mass is 16.5. The molecule has 1 N–H and O–H groups in total. The molecule has 0 aliphatic carbocycles. The molecule has 1 aliphatic heterocycles. The highest BCUT2D eigenvalue weighted by Crippen LogP contribution is 2.28. The molecule has 0 saturated carbocycles. The number of para-hydroxylation sites is 2. The van der Waals surface area contributed by atoms with Crippen LogP contribution in [-0.4, -0.2) is 59.2 Å². The smallest absolute Gasteiger partial charge is 0.345 e. The summed E-state index contributed by atoms with van der Waals surface area (Å²) < 4.78 is 13.6. The molecule has 29 heavy (non-hydrogen) atoms. The Morgan fingerprint density at radius 1 is 1.24 bits per heavy atom. The van der Waals surface area contributed by atoms with Crippen LogP contribution in [-0.2, 0) is 17.8 Å². The molecule has 2 aromatic rings. The van der Waals surface area contributed by atoms with Crippen molar-refractivity contribution in [2.24, 2.45) is 0 Å². The van der Waals surface area contributed by atoms with E-state index in [1.807, 2.05) is 31.2 Å². The van der Waals surface area contributed by atoms with Crippen LogP contribution in [0.15, 0.2) is 29.1 Å². The predicted molar refractivity (Wildman–Crippen MR) is 110 cm³/mol. The molecular weight excluding hydrogens is 374 g/mol. The summed E-state index contributed by atoms with van der Waals surface area (Å²) in [7, 11) is 3.18. The number of hydrogen-bond acceptors (Lipinski definition) is 5. The molecule has 9 heteroatoms. The van der Waals surface area contributed by atoms with Crippen molar-refractivity contribution in [3.8, 4) is 5.75 Å². The van der Waals surface area contributed by atoms with E-state index in [4.69, 9.17) is 9.47 Å². The molecule has 0 atom stereocenters. The third-order valence-electron chi connectivity index (χ3n) is 5.27. The van der Waals surface area contributed by atoms with Gasteiger partial charge in [0.25, 0.3) is 0 Å². The van der Waals surface area contributed by atoms with E-state index in [9.17, 15) is 9.59 Å². The van der Waals surface area contributed by atoms with E-state index in [2.05, 4.69) is 10.4 Å². The first-order chi connectivity index (χ1) is 14.1. The van der Waals surface area contributed by atoms with Gasteiger partial charge in [-0.2, -0.15) is 5.10 Å². The van der Waals surface area contributed by atoms with E-state index in [1.165, 1.54) is 4.68 Å². The van der Waals surface area contributed by atoms with Crippen LogP contribution in [0.2, 0.25) is 0 Å². The molecule has 158 valence electrons. The normalized spacial score (nSPS) is 14.8. The number of aromatic nitrogens is 3. The fourth-order valence-corrected chi connectivity index (χ4v) is 3.66. The van der Waals surface area contributed by atoms with Crippen molar-refractivity contribution in [1.82, 2.24) is 19.2 Å². The minimum Gasteiger partial charge on any atom is -0.495 e. The third kappa shape index (κ3) is 4.61. The quantitative estimate of drug-likeness (QED) is 0.765. The number of likely N-dealkylation sites (tertiary alicyclic amines) is 1. The standard InChI is InChI=1S/C20H29N5O4/c1-4-24-18(22-25(20(24)27)13-14-28-2)15-9-11-23(12-10-15)19(26)21-16-7-5-6-8-17(16)29-3/h5-8,15H,4,9-14H2,1-3H3,(H,21,26). The van der Waals surface area contributed by atoms with Gasteiger partial charge in [-0.1, -0.05) is 12.1 Å². The van der Waals surface area contributed by atoms with Crippen molar-refractivity contribution in [3.05, 3.63) is 40.6 Å². The molecule has 1 aromatic carbocycles. The van der Waals surface area contributed by atoms with E-state index >= 15 is 0 Å². The van der Waals surface area contributed by atoms with Gasteiger partial charge in [0.1, 0.15) is 11.6 Å². The van der Waals surface area contributed by atoms with E-state index in [-0.39, 0.29) is 17.6 Å². The summed E-state index contributed by atoms with van der Waals surface area (Å²) in [5.74, 6) is 1.59. The molecule has 1 fully saturated rings. The second-order valence-corrected chi connectivity index (χ2v) is 6.99. The first kappa shape index (κ1) is 20.9. The molecule has 2 amide bonds. The Kier molecular flexibility index (Phi) is 6.92. The Morgan fingerprint density at radius 2 is 1.97 bits per heavy atom. The monoisotopic (exact) mass is 403 g/mol. The number of amides is 2. The van der Waals surface area contributed by atoms with Crippen molar-refractivity contribution in [3.63, 3.8) is 0 Å². The lowest BCUT2D eigenvalue weighted by Crippen LogP contribution is -2.41. The molecule has 2 heterocycles. The zero-order valence-corrected chi connectivity index (χ0v) is 17.3. The number of nitrogens with one attached hydrogen (secondary N) is 1. The van der Waals surface area contributed by atoms with Crippen molar-refractivity contribution < 1.29 is 14.3 Å². The minimum absolute atomic E-state index is 0.101. The first-order valence-corrected chi connectivity index (χ1v) is 9.94. The molecule has 1 aliphatic rings. The summed E-state index contributed by atoms with van der Waals surface area (Å²) in [5.41, 5.74) is 0.551. The summed E-state index contributed by atoms with van der Waals surface area (Å²) in [6.45, 7) is 4.62. The van der Waals surface area contributed by atoms with Gasteiger partial charge in [0.05, 0.1) is 25.9 Å². The summed E-state index contributed by atoms with van der Waals surface area (Å²) in [6, 6.07) is 7.20. The maximum absolute atomic E-state index is 12.6. The number of methoxy groups -OCH3 is 2. The number of hydrogen-bond donors (Lipinski definition) is 1. The van der Waals surface area contributed by atoms with E-state index < -0.39 is 0 Å². The third-order valence-corrected chi connectivity index (χ3v) is 5.27. The van der Waals surface area contributed by atoms with Crippen LogP contribution in [0.1, 0.15) is 31.5 Å². The van der Waals surface area contributed by atoms with Gasteiger partial charge >= 0.3 is 11.7 Å². The highest BCUT2D eigenvalue weighted by molar-refractivity contribution is 5.91. The largest absolute Gasteiger partial charge is 0.495 e. The lowest BCUT2D eigenvalue weighted by molar-refractivity contribution is 0.181. The molecule has 1 aromatic heterocycles. The molecular formula is C20H29N5O4. The van der Waals surface area contributed by atoms with Gasteiger partial charge in [-0.15, -0.1) is 0 Å². The number of carbonyl (C=O) groups excluding carboxylic acids is 1. The lowest BCUT2D eigenvalue weighted by Gasteiger charge is -2.31. The maximum atomic E-state index is 12.6. The summed E-state index contributed by atoms with van der Waals surface area (Å²) >= 11 is 0.